The van der Waals surface area contributed by atoms with Gasteiger partial charge in [-0.1, -0.05) is 84.9 Å². The molecule has 4 heteroatoms. The van der Waals surface area contributed by atoms with Gasteiger partial charge in [-0.3, -0.25) is 4.90 Å². The van der Waals surface area contributed by atoms with E-state index < -0.39 is 0 Å². The van der Waals surface area contributed by atoms with E-state index in [1.807, 2.05) is 35.6 Å². The monoisotopic (exact) mass is 542 g/mol. The lowest BCUT2D eigenvalue weighted by atomic mass is 9.98. The molecule has 0 fully saturated rings. The highest BCUT2D eigenvalue weighted by atomic mass is 32.1. The summed E-state index contributed by atoms with van der Waals surface area (Å²) in [6, 6.07) is 47.0. The Hall–Kier alpha value is -5.19. The van der Waals surface area contributed by atoms with Crippen molar-refractivity contribution in [1.82, 2.24) is 4.98 Å². The molecule has 0 saturated heterocycles. The molecule has 0 aliphatic carbocycles. The van der Waals surface area contributed by atoms with Crippen LogP contribution in [0, 0.1) is 0 Å². The number of benzene rings is 6. The average molecular weight is 543 g/mol. The van der Waals surface area contributed by atoms with Gasteiger partial charge in [0, 0.05) is 31.1 Å². The lowest BCUT2D eigenvalue weighted by Crippen LogP contribution is -2.17. The summed E-state index contributed by atoms with van der Waals surface area (Å²) in [5.41, 5.74) is 4.02. The Morgan fingerprint density at radius 2 is 1.20 bits per heavy atom. The summed E-state index contributed by atoms with van der Waals surface area (Å²) in [4.78, 5) is 7.63. The minimum atomic E-state index is 0.819. The van der Waals surface area contributed by atoms with Gasteiger partial charge in [0.15, 0.2) is 11.5 Å². The Balaban J connectivity index is 1.42. The van der Waals surface area contributed by atoms with Crippen LogP contribution in [0.4, 0.5) is 17.2 Å². The average Bonchev–Trinajstić information content (AvgIpc) is 3.40. The first-order valence-corrected chi connectivity index (χ1v) is 14.5. The third-order valence-electron chi connectivity index (χ3n) is 8.01. The molecule has 0 N–H and O–H groups in total. The van der Waals surface area contributed by atoms with Crippen molar-refractivity contribution < 1.29 is 4.74 Å². The van der Waals surface area contributed by atoms with Crippen LogP contribution in [-0.4, -0.2) is 4.98 Å². The van der Waals surface area contributed by atoms with Gasteiger partial charge in [-0.15, -0.1) is 11.3 Å². The molecule has 1 aliphatic rings. The van der Waals surface area contributed by atoms with E-state index in [0.717, 1.165) is 45.3 Å². The van der Waals surface area contributed by atoms with E-state index in [1.54, 1.807) is 0 Å². The van der Waals surface area contributed by atoms with Crippen molar-refractivity contribution in [3.8, 4) is 22.8 Å². The first kappa shape index (κ1) is 22.6. The zero-order chi connectivity index (χ0) is 26.9. The van der Waals surface area contributed by atoms with Crippen LogP contribution in [0.5, 0.6) is 11.5 Å². The molecule has 3 heterocycles. The Morgan fingerprint density at radius 1 is 0.537 bits per heavy atom. The fourth-order valence-electron chi connectivity index (χ4n) is 6.15. The zero-order valence-electron chi connectivity index (χ0n) is 21.9. The second kappa shape index (κ2) is 8.65. The quantitative estimate of drug-likeness (QED) is 0.217. The smallest absolute Gasteiger partial charge is 0.151 e. The predicted molar refractivity (Wildman–Crippen MR) is 172 cm³/mol. The Kier molecular flexibility index (Phi) is 4.77. The van der Waals surface area contributed by atoms with E-state index in [4.69, 9.17) is 9.72 Å². The van der Waals surface area contributed by atoms with Gasteiger partial charge in [-0.05, 0) is 64.7 Å². The Morgan fingerprint density at radius 3 is 1.95 bits per heavy atom. The topological polar surface area (TPSA) is 25.4 Å². The molecule has 2 aromatic heterocycles. The van der Waals surface area contributed by atoms with Crippen LogP contribution in [0.3, 0.4) is 0 Å². The molecule has 0 unspecified atom stereocenters. The number of hydrogen-bond acceptors (Lipinski definition) is 4. The summed E-state index contributed by atoms with van der Waals surface area (Å²) in [5.74, 6) is 2.51. The van der Waals surface area contributed by atoms with Gasteiger partial charge >= 0.3 is 0 Å². The first-order valence-electron chi connectivity index (χ1n) is 13.7. The summed E-state index contributed by atoms with van der Waals surface area (Å²) < 4.78 is 8.90. The number of nitrogens with zero attached hydrogens (tertiary/aromatic N) is 2. The molecule has 8 aromatic rings. The Labute approximate surface area is 240 Å². The third kappa shape index (κ3) is 3.41. The first-order chi connectivity index (χ1) is 20.3. The van der Waals surface area contributed by atoms with E-state index in [-0.39, 0.29) is 0 Å². The van der Waals surface area contributed by atoms with Crippen LogP contribution in [0.15, 0.2) is 133 Å². The number of thiophene rings is 1. The summed E-state index contributed by atoms with van der Waals surface area (Å²) in [5, 5.41) is 7.44. The van der Waals surface area contributed by atoms with Gasteiger partial charge in [0.1, 0.15) is 5.82 Å². The van der Waals surface area contributed by atoms with Crippen molar-refractivity contribution in [3.05, 3.63) is 133 Å². The number of aromatic nitrogens is 1. The van der Waals surface area contributed by atoms with Gasteiger partial charge in [0.25, 0.3) is 0 Å². The molecule has 0 radical (unpaired) electrons. The van der Waals surface area contributed by atoms with Crippen LogP contribution in [0.2, 0.25) is 0 Å². The lowest BCUT2D eigenvalue weighted by Gasteiger charge is -2.32. The molecule has 0 spiro atoms. The highest BCUT2D eigenvalue weighted by molar-refractivity contribution is 7.26. The molecule has 41 heavy (non-hydrogen) atoms. The van der Waals surface area contributed by atoms with Gasteiger partial charge in [0.05, 0.1) is 17.1 Å². The molecule has 0 atom stereocenters. The number of anilines is 3. The number of hydrogen-bond donors (Lipinski definition) is 0. The van der Waals surface area contributed by atoms with E-state index in [9.17, 15) is 0 Å². The molecule has 9 rings (SSSR count). The summed E-state index contributed by atoms with van der Waals surface area (Å²) >= 11 is 1.86. The van der Waals surface area contributed by atoms with Crippen LogP contribution >= 0.6 is 11.3 Å². The number of ether oxygens (including phenoxy) is 1. The molecular weight excluding hydrogens is 520 g/mol. The summed E-state index contributed by atoms with van der Waals surface area (Å²) in [6.45, 7) is 0. The molecule has 192 valence electrons. The van der Waals surface area contributed by atoms with Crippen LogP contribution in [-0.2, 0) is 0 Å². The highest BCUT2D eigenvalue weighted by Gasteiger charge is 2.27. The van der Waals surface area contributed by atoms with Gasteiger partial charge < -0.3 is 4.74 Å². The van der Waals surface area contributed by atoms with Crippen LogP contribution in [0.25, 0.3) is 53.0 Å². The maximum atomic E-state index is 6.32. The minimum absolute atomic E-state index is 0.819. The van der Waals surface area contributed by atoms with Crippen LogP contribution in [0.1, 0.15) is 0 Å². The summed E-state index contributed by atoms with van der Waals surface area (Å²) in [7, 11) is 0. The molecular formula is C37H22N2OS. The second-order valence-corrected chi connectivity index (χ2v) is 11.5. The highest BCUT2D eigenvalue weighted by Crippen LogP contribution is 2.51. The second-order valence-electron chi connectivity index (χ2n) is 10.4. The normalized spacial score (nSPS) is 12.5. The van der Waals surface area contributed by atoms with E-state index in [1.165, 1.54) is 36.3 Å². The number of fused-ring (bicyclic) bond motifs is 8. The third-order valence-corrected chi connectivity index (χ3v) is 9.13. The lowest BCUT2D eigenvalue weighted by molar-refractivity contribution is 0.476. The fraction of sp³-hybridized carbons (Fsp3) is 0. The van der Waals surface area contributed by atoms with E-state index >= 15 is 0 Å². The fourth-order valence-corrected chi connectivity index (χ4v) is 7.31. The van der Waals surface area contributed by atoms with Crippen LogP contribution < -0.4 is 9.64 Å². The molecule has 0 amide bonds. The molecule has 3 nitrogen and oxygen atoms in total. The molecule has 6 aromatic carbocycles. The minimum Gasteiger partial charge on any atom is -0.453 e. The largest absolute Gasteiger partial charge is 0.453 e. The SMILES string of the molecule is c1ccc(-c2nc(N3c4ccccc4Oc4ccccc43)cc3c2ccc2sc4cc5ccccc5cc4c23)cc1. The van der Waals surface area contributed by atoms with Crippen molar-refractivity contribution in [2.75, 3.05) is 4.90 Å². The van der Waals surface area contributed by atoms with E-state index in [0.29, 0.717) is 0 Å². The van der Waals surface area contributed by atoms with E-state index in [2.05, 4.69) is 114 Å². The number of pyridine rings is 1. The molecule has 0 bridgehead atoms. The van der Waals surface area contributed by atoms with Crippen molar-refractivity contribution >= 4 is 70.2 Å². The summed E-state index contributed by atoms with van der Waals surface area (Å²) in [6.07, 6.45) is 0. The van der Waals surface area contributed by atoms with Gasteiger partial charge in [0.2, 0.25) is 0 Å². The van der Waals surface area contributed by atoms with Crippen molar-refractivity contribution in [3.63, 3.8) is 0 Å². The van der Waals surface area contributed by atoms with Gasteiger partial charge in [-0.2, -0.15) is 0 Å². The predicted octanol–water partition coefficient (Wildman–Crippen LogP) is 11.0. The van der Waals surface area contributed by atoms with Crippen molar-refractivity contribution in [2.24, 2.45) is 0 Å². The number of para-hydroxylation sites is 4. The van der Waals surface area contributed by atoms with Crippen molar-refractivity contribution in [2.45, 2.75) is 0 Å². The molecule has 1 aliphatic heterocycles. The zero-order valence-corrected chi connectivity index (χ0v) is 22.7. The van der Waals surface area contributed by atoms with Crippen molar-refractivity contribution in [1.29, 1.82) is 0 Å². The standard InChI is InChI=1S/C37H22N2OS/c1-2-10-23(11-3-1)37-26-18-19-33-36(28-20-24-12-4-5-13-25(24)21-34(28)41-33)27(26)22-35(38-37)39-29-14-6-8-16-31(29)40-32-17-9-7-15-30(32)39/h1-22H. The number of rotatable bonds is 2. The maximum absolute atomic E-state index is 6.32. The molecule has 0 saturated carbocycles. The maximum Gasteiger partial charge on any atom is 0.151 e. The Bertz CT molecular complexity index is 2260. The van der Waals surface area contributed by atoms with Gasteiger partial charge in [-0.25, -0.2) is 4.98 Å².